The molecule has 0 aliphatic rings. The van der Waals surface area contributed by atoms with Gasteiger partial charge in [-0.05, 0) is 17.7 Å². The summed E-state index contributed by atoms with van der Waals surface area (Å²) < 4.78 is 18.5. The molecule has 1 N–H and O–H groups in total. The summed E-state index contributed by atoms with van der Waals surface area (Å²) in [6, 6.07) is 4.55. The Labute approximate surface area is 144 Å². The standard InChI is InChI=1S/C17H19FN4O3/c1-22(11-12-3-4-15(25-2)13(18)9-12)16(23)5-6-21-17(24)14-10-19-7-8-20-14/h3-4,7-10H,5-6,11H2,1-2H3,(H,21,24). The summed E-state index contributed by atoms with van der Waals surface area (Å²) in [7, 11) is 3.01. The van der Waals surface area contributed by atoms with Gasteiger partial charge in [-0.15, -0.1) is 0 Å². The van der Waals surface area contributed by atoms with Crippen LogP contribution in [0.2, 0.25) is 0 Å². The maximum Gasteiger partial charge on any atom is 0.271 e. The number of carbonyl (C=O) groups excluding carboxylic acids is 2. The second-order valence-corrected chi connectivity index (χ2v) is 5.32. The second kappa shape index (κ2) is 8.72. The predicted octanol–water partition coefficient (Wildman–Crippen LogP) is 1.40. The summed E-state index contributed by atoms with van der Waals surface area (Å²) in [5.41, 5.74) is 0.842. The number of carbonyl (C=O) groups is 2. The molecule has 0 unspecified atom stereocenters. The number of hydrogen-bond acceptors (Lipinski definition) is 5. The number of nitrogens with zero attached hydrogens (tertiary/aromatic N) is 3. The van der Waals surface area contributed by atoms with Crippen LogP contribution in [0, 0.1) is 5.82 Å². The minimum absolute atomic E-state index is 0.126. The molecule has 8 heteroatoms. The van der Waals surface area contributed by atoms with Crippen molar-refractivity contribution in [1.82, 2.24) is 20.2 Å². The number of amides is 2. The Morgan fingerprint density at radius 2 is 2.12 bits per heavy atom. The van der Waals surface area contributed by atoms with E-state index in [-0.39, 0.29) is 42.8 Å². The summed E-state index contributed by atoms with van der Waals surface area (Å²) in [6.45, 7) is 0.438. The van der Waals surface area contributed by atoms with Gasteiger partial charge in [-0.1, -0.05) is 6.07 Å². The van der Waals surface area contributed by atoms with Gasteiger partial charge in [-0.25, -0.2) is 9.37 Å². The van der Waals surface area contributed by atoms with E-state index in [0.29, 0.717) is 5.56 Å². The molecule has 7 nitrogen and oxygen atoms in total. The first kappa shape index (κ1) is 18.3. The van der Waals surface area contributed by atoms with Gasteiger partial charge < -0.3 is 15.0 Å². The smallest absolute Gasteiger partial charge is 0.271 e. The van der Waals surface area contributed by atoms with Crippen molar-refractivity contribution in [2.24, 2.45) is 0 Å². The number of ether oxygens (including phenoxy) is 1. The maximum absolute atomic E-state index is 13.7. The lowest BCUT2D eigenvalue weighted by Gasteiger charge is -2.18. The molecular formula is C17H19FN4O3. The molecule has 0 aliphatic heterocycles. The van der Waals surface area contributed by atoms with Crippen molar-refractivity contribution in [2.45, 2.75) is 13.0 Å². The lowest BCUT2D eigenvalue weighted by atomic mass is 10.2. The SMILES string of the molecule is COc1ccc(CN(C)C(=O)CCNC(=O)c2cnccn2)cc1F. The zero-order valence-corrected chi connectivity index (χ0v) is 14.0. The Morgan fingerprint density at radius 3 is 2.76 bits per heavy atom. The number of aromatic nitrogens is 2. The van der Waals surface area contributed by atoms with Crippen LogP contribution in [0.4, 0.5) is 4.39 Å². The van der Waals surface area contributed by atoms with Crippen molar-refractivity contribution in [3.8, 4) is 5.75 Å². The average Bonchev–Trinajstić information content (AvgIpc) is 2.62. The van der Waals surface area contributed by atoms with E-state index >= 15 is 0 Å². The monoisotopic (exact) mass is 346 g/mol. The molecule has 2 rings (SSSR count). The molecule has 0 bridgehead atoms. The van der Waals surface area contributed by atoms with Crippen LogP contribution in [0.5, 0.6) is 5.75 Å². The molecule has 0 atom stereocenters. The van der Waals surface area contributed by atoms with Crippen LogP contribution in [0.15, 0.2) is 36.8 Å². The molecular weight excluding hydrogens is 327 g/mol. The highest BCUT2D eigenvalue weighted by molar-refractivity contribution is 5.92. The fourth-order valence-corrected chi connectivity index (χ4v) is 2.15. The zero-order chi connectivity index (χ0) is 18.2. The fraction of sp³-hybridized carbons (Fsp3) is 0.294. The van der Waals surface area contributed by atoms with Crippen molar-refractivity contribution in [2.75, 3.05) is 20.7 Å². The fourth-order valence-electron chi connectivity index (χ4n) is 2.15. The summed E-state index contributed by atoms with van der Waals surface area (Å²) in [4.78, 5) is 33.0. The first-order valence-corrected chi connectivity index (χ1v) is 7.62. The predicted molar refractivity (Wildman–Crippen MR) is 88.4 cm³/mol. The van der Waals surface area contributed by atoms with E-state index in [9.17, 15) is 14.0 Å². The van der Waals surface area contributed by atoms with Gasteiger partial charge in [0.2, 0.25) is 5.91 Å². The van der Waals surface area contributed by atoms with Crippen molar-refractivity contribution >= 4 is 11.8 Å². The van der Waals surface area contributed by atoms with Crippen molar-refractivity contribution in [3.05, 3.63) is 53.9 Å². The van der Waals surface area contributed by atoms with Gasteiger partial charge in [0.25, 0.3) is 5.91 Å². The number of benzene rings is 1. The van der Waals surface area contributed by atoms with Crippen molar-refractivity contribution in [1.29, 1.82) is 0 Å². The van der Waals surface area contributed by atoms with Crippen LogP contribution >= 0.6 is 0 Å². The molecule has 0 spiro atoms. The van der Waals surface area contributed by atoms with E-state index in [1.54, 1.807) is 13.1 Å². The third kappa shape index (κ3) is 5.23. The Kier molecular flexibility index (Phi) is 6.39. The largest absolute Gasteiger partial charge is 0.494 e. The van der Waals surface area contributed by atoms with Gasteiger partial charge in [-0.2, -0.15) is 0 Å². The van der Waals surface area contributed by atoms with Gasteiger partial charge in [0.1, 0.15) is 5.69 Å². The number of rotatable bonds is 7. The second-order valence-electron chi connectivity index (χ2n) is 5.32. The van der Waals surface area contributed by atoms with Crippen LogP contribution < -0.4 is 10.1 Å². The van der Waals surface area contributed by atoms with Gasteiger partial charge in [0, 0.05) is 39.0 Å². The van der Waals surface area contributed by atoms with Gasteiger partial charge in [0.15, 0.2) is 11.6 Å². The van der Waals surface area contributed by atoms with Crippen molar-refractivity contribution in [3.63, 3.8) is 0 Å². The summed E-state index contributed by atoms with van der Waals surface area (Å²) in [6.07, 6.45) is 4.36. The number of hydrogen-bond donors (Lipinski definition) is 1. The van der Waals surface area contributed by atoms with Crippen LogP contribution in [0.3, 0.4) is 0 Å². The minimum Gasteiger partial charge on any atom is -0.494 e. The summed E-state index contributed by atoms with van der Waals surface area (Å²) in [5, 5.41) is 2.61. The van der Waals surface area contributed by atoms with Crippen LogP contribution in [-0.4, -0.2) is 47.4 Å². The van der Waals surface area contributed by atoms with Crippen LogP contribution in [-0.2, 0) is 11.3 Å². The first-order chi connectivity index (χ1) is 12.0. The van der Waals surface area contributed by atoms with E-state index in [1.807, 2.05) is 0 Å². The average molecular weight is 346 g/mol. The van der Waals surface area contributed by atoms with Crippen LogP contribution in [0.25, 0.3) is 0 Å². The van der Waals surface area contributed by atoms with E-state index in [0.717, 1.165) is 0 Å². The normalized spacial score (nSPS) is 10.2. The molecule has 0 radical (unpaired) electrons. The molecule has 1 aromatic carbocycles. The molecule has 2 amide bonds. The minimum atomic E-state index is -0.475. The Bertz CT molecular complexity index is 740. The number of methoxy groups -OCH3 is 1. The highest BCUT2D eigenvalue weighted by atomic mass is 19.1. The van der Waals surface area contributed by atoms with E-state index in [4.69, 9.17) is 4.74 Å². The highest BCUT2D eigenvalue weighted by Gasteiger charge is 2.12. The van der Waals surface area contributed by atoms with Crippen molar-refractivity contribution < 1.29 is 18.7 Å². The molecule has 0 saturated heterocycles. The quantitative estimate of drug-likeness (QED) is 0.819. The van der Waals surface area contributed by atoms with E-state index in [2.05, 4.69) is 15.3 Å². The summed E-state index contributed by atoms with van der Waals surface area (Å²) >= 11 is 0. The molecule has 0 saturated carbocycles. The van der Waals surface area contributed by atoms with Gasteiger partial charge in [0.05, 0.1) is 13.3 Å². The maximum atomic E-state index is 13.7. The third-order valence-corrected chi connectivity index (χ3v) is 3.48. The van der Waals surface area contributed by atoms with E-state index < -0.39 is 5.82 Å². The first-order valence-electron chi connectivity index (χ1n) is 7.62. The molecule has 132 valence electrons. The molecule has 0 fully saturated rings. The molecule has 0 aliphatic carbocycles. The van der Waals surface area contributed by atoms with E-state index in [1.165, 1.54) is 42.7 Å². The lowest BCUT2D eigenvalue weighted by Crippen LogP contribution is -2.32. The lowest BCUT2D eigenvalue weighted by molar-refractivity contribution is -0.130. The molecule has 2 aromatic rings. The number of nitrogens with one attached hydrogen (secondary N) is 1. The van der Waals surface area contributed by atoms with Gasteiger partial charge >= 0.3 is 0 Å². The Hall–Kier alpha value is -3.03. The summed E-state index contributed by atoms with van der Waals surface area (Å²) in [5.74, 6) is -0.877. The molecule has 1 heterocycles. The highest BCUT2D eigenvalue weighted by Crippen LogP contribution is 2.18. The Morgan fingerprint density at radius 1 is 1.32 bits per heavy atom. The topological polar surface area (TPSA) is 84.4 Å². The van der Waals surface area contributed by atoms with Crippen LogP contribution in [0.1, 0.15) is 22.5 Å². The van der Waals surface area contributed by atoms with Gasteiger partial charge in [-0.3, -0.25) is 14.6 Å². The zero-order valence-electron chi connectivity index (χ0n) is 14.0. The third-order valence-electron chi connectivity index (χ3n) is 3.48. The Balaban J connectivity index is 1.80. The molecule has 25 heavy (non-hydrogen) atoms. The molecule has 1 aromatic heterocycles. The number of halogens is 1.